The number of nitrogens with one attached hydrogen (secondary N) is 1. The Bertz CT molecular complexity index is 450. The molecule has 1 saturated carbocycles. The number of amides is 1. The molecule has 104 valence electrons. The number of rotatable bonds is 3. The highest BCUT2D eigenvalue weighted by Gasteiger charge is 2.22. The normalized spacial score (nSPS) is 23.1. The molecule has 1 aliphatic rings. The van der Waals surface area contributed by atoms with Gasteiger partial charge >= 0.3 is 0 Å². The standard InChI is InChI=1S/C16H22FNO/c1-3-12-7-9-13(10-8-12)18-16(19)14-6-4-5-11(2)15(14)17/h4-6,12-13H,3,7-10H2,1-2H3,(H,18,19). The molecule has 0 unspecified atom stereocenters. The van der Waals surface area contributed by atoms with Crippen LogP contribution in [0, 0.1) is 18.7 Å². The van der Waals surface area contributed by atoms with E-state index in [-0.39, 0.29) is 17.5 Å². The Kier molecular flexibility index (Phi) is 4.56. The summed E-state index contributed by atoms with van der Waals surface area (Å²) in [6, 6.07) is 5.16. The first-order valence-corrected chi connectivity index (χ1v) is 7.17. The van der Waals surface area contributed by atoms with Crippen LogP contribution < -0.4 is 5.32 Å². The lowest BCUT2D eigenvalue weighted by atomic mass is 9.84. The van der Waals surface area contributed by atoms with Gasteiger partial charge in [-0.05, 0) is 50.2 Å². The zero-order valence-corrected chi connectivity index (χ0v) is 11.7. The van der Waals surface area contributed by atoms with Crippen LogP contribution in [0.4, 0.5) is 4.39 Å². The third-order valence-electron chi connectivity index (χ3n) is 4.20. The van der Waals surface area contributed by atoms with Gasteiger partial charge in [-0.1, -0.05) is 25.5 Å². The third kappa shape index (κ3) is 3.34. The van der Waals surface area contributed by atoms with E-state index in [2.05, 4.69) is 12.2 Å². The minimum Gasteiger partial charge on any atom is -0.349 e. The van der Waals surface area contributed by atoms with Crippen LogP contribution in [0.25, 0.3) is 0 Å². The lowest BCUT2D eigenvalue weighted by Gasteiger charge is -2.28. The van der Waals surface area contributed by atoms with Gasteiger partial charge < -0.3 is 5.32 Å². The second kappa shape index (κ2) is 6.18. The number of carbonyl (C=O) groups excluding carboxylic acids is 1. The first kappa shape index (κ1) is 14.0. The van der Waals surface area contributed by atoms with E-state index in [1.54, 1.807) is 25.1 Å². The fraction of sp³-hybridized carbons (Fsp3) is 0.562. The van der Waals surface area contributed by atoms with Gasteiger partial charge in [0.15, 0.2) is 0 Å². The molecule has 0 aromatic heterocycles. The summed E-state index contributed by atoms with van der Waals surface area (Å²) in [6.07, 6.45) is 5.57. The molecule has 19 heavy (non-hydrogen) atoms. The molecule has 1 amide bonds. The molecule has 0 atom stereocenters. The molecule has 1 fully saturated rings. The minimum absolute atomic E-state index is 0.164. The van der Waals surface area contributed by atoms with Gasteiger partial charge in [0.2, 0.25) is 0 Å². The monoisotopic (exact) mass is 263 g/mol. The number of halogens is 1. The van der Waals surface area contributed by atoms with Gasteiger partial charge in [-0.2, -0.15) is 0 Å². The van der Waals surface area contributed by atoms with E-state index in [4.69, 9.17) is 0 Å². The highest BCUT2D eigenvalue weighted by atomic mass is 19.1. The van der Waals surface area contributed by atoms with E-state index in [1.165, 1.54) is 6.42 Å². The summed E-state index contributed by atoms with van der Waals surface area (Å²) in [4.78, 5) is 12.1. The molecule has 0 heterocycles. The van der Waals surface area contributed by atoms with Crippen LogP contribution in [0.5, 0.6) is 0 Å². The molecule has 0 bridgehead atoms. The van der Waals surface area contributed by atoms with Gasteiger partial charge in [0, 0.05) is 6.04 Å². The van der Waals surface area contributed by atoms with Crippen LogP contribution in [0.15, 0.2) is 18.2 Å². The second-order valence-electron chi connectivity index (χ2n) is 5.54. The van der Waals surface area contributed by atoms with Gasteiger partial charge in [-0.25, -0.2) is 4.39 Å². The summed E-state index contributed by atoms with van der Waals surface area (Å²) in [5, 5.41) is 2.97. The van der Waals surface area contributed by atoms with Gasteiger partial charge in [0.05, 0.1) is 5.56 Å². The highest BCUT2D eigenvalue weighted by molar-refractivity contribution is 5.94. The van der Waals surface area contributed by atoms with Crippen LogP contribution in [0.2, 0.25) is 0 Å². The van der Waals surface area contributed by atoms with Crippen molar-refractivity contribution in [3.8, 4) is 0 Å². The molecule has 0 spiro atoms. The van der Waals surface area contributed by atoms with Gasteiger partial charge in [-0.3, -0.25) is 4.79 Å². The maximum absolute atomic E-state index is 13.9. The molecule has 0 radical (unpaired) electrons. The Labute approximate surface area is 114 Å². The van der Waals surface area contributed by atoms with Crippen molar-refractivity contribution < 1.29 is 9.18 Å². The number of carbonyl (C=O) groups is 1. The summed E-state index contributed by atoms with van der Waals surface area (Å²) in [6.45, 7) is 3.89. The van der Waals surface area contributed by atoms with Crippen molar-refractivity contribution >= 4 is 5.91 Å². The zero-order valence-electron chi connectivity index (χ0n) is 11.7. The van der Waals surface area contributed by atoms with E-state index >= 15 is 0 Å². The van der Waals surface area contributed by atoms with Crippen molar-refractivity contribution in [2.24, 2.45) is 5.92 Å². The van der Waals surface area contributed by atoms with Crippen molar-refractivity contribution in [3.05, 3.63) is 35.1 Å². The number of aryl methyl sites for hydroxylation is 1. The molecular weight excluding hydrogens is 241 g/mol. The van der Waals surface area contributed by atoms with Crippen molar-refractivity contribution in [1.29, 1.82) is 0 Å². The van der Waals surface area contributed by atoms with Crippen LogP contribution in [0.3, 0.4) is 0 Å². The van der Waals surface area contributed by atoms with E-state index in [1.807, 2.05) is 0 Å². The van der Waals surface area contributed by atoms with Crippen molar-refractivity contribution in [2.45, 2.75) is 52.0 Å². The molecule has 1 aromatic rings. The number of benzene rings is 1. The van der Waals surface area contributed by atoms with Crippen molar-refractivity contribution in [3.63, 3.8) is 0 Å². The first-order chi connectivity index (χ1) is 9.11. The Morgan fingerprint density at radius 3 is 2.63 bits per heavy atom. The average Bonchev–Trinajstić information content (AvgIpc) is 2.42. The summed E-state index contributed by atoms with van der Waals surface area (Å²) in [5.74, 6) is 0.118. The molecular formula is C16H22FNO. The number of hydrogen-bond acceptors (Lipinski definition) is 1. The fourth-order valence-corrected chi connectivity index (χ4v) is 2.80. The predicted molar refractivity (Wildman–Crippen MR) is 74.6 cm³/mol. The predicted octanol–water partition coefficient (Wildman–Crippen LogP) is 3.83. The SMILES string of the molecule is CCC1CCC(NC(=O)c2cccc(C)c2F)CC1. The highest BCUT2D eigenvalue weighted by Crippen LogP contribution is 2.26. The largest absolute Gasteiger partial charge is 0.349 e. The quantitative estimate of drug-likeness (QED) is 0.882. The molecule has 0 aliphatic heterocycles. The van der Waals surface area contributed by atoms with E-state index in [0.29, 0.717) is 5.56 Å². The summed E-state index contributed by atoms with van der Waals surface area (Å²) >= 11 is 0. The number of hydrogen-bond donors (Lipinski definition) is 1. The molecule has 2 nitrogen and oxygen atoms in total. The van der Waals surface area contributed by atoms with Crippen LogP contribution in [0.1, 0.15) is 54.9 Å². The van der Waals surface area contributed by atoms with Gasteiger partial charge in [0.25, 0.3) is 5.91 Å². The second-order valence-corrected chi connectivity index (χ2v) is 5.54. The maximum atomic E-state index is 13.9. The Balaban J connectivity index is 1.96. The molecule has 2 rings (SSSR count). The Morgan fingerprint density at radius 2 is 2.00 bits per heavy atom. The third-order valence-corrected chi connectivity index (χ3v) is 4.20. The van der Waals surface area contributed by atoms with Gasteiger partial charge in [0.1, 0.15) is 5.82 Å². The van der Waals surface area contributed by atoms with Crippen molar-refractivity contribution in [1.82, 2.24) is 5.32 Å². The lowest BCUT2D eigenvalue weighted by Crippen LogP contribution is -2.38. The summed E-state index contributed by atoms with van der Waals surface area (Å²) < 4.78 is 13.9. The fourth-order valence-electron chi connectivity index (χ4n) is 2.80. The average molecular weight is 263 g/mol. The maximum Gasteiger partial charge on any atom is 0.254 e. The van der Waals surface area contributed by atoms with Crippen LogP contribution in [-0.2, 0) is 0 Å². The lowest BCUT2D eigenvalue weighted by molar-refractivity contribution is 0.0917. The molecule has 3 heteroatoms. The van der Waals surface area contributed by atoms with Crippen LogP contribution in [-0.4, -0.2) is 11.9 Å². The molecule has 1 N–H and O–H groups in total. The molecule has 1 aliphatic carbocycles. The van der Waals surface area contributed by atoms with E-state index < -0.39 is 5.82 Å². The van der Waals surface area contributed by atoms with E-state index in [9.17, 15) is 9.18 Å². The Morgan fingerprint density at radius 1 is 1.32 bits per heavy atom. The summed E-state index contributed by atoms with van der Waals surface area (Å²) in [5.41, 5.74) is 0.681. The minimum atomic E-state index is -0.401. The van der Waals surface area contributed by atoms with Crippen LogP contribution >= 0.6 is 0 Å². The Hall–Kier alpha value is -1.38. The van der Waals surface area contributed by atoms with E-state index in [0.717, 1.165) is 31.6 Å². The first-order valence-electron chi connectivity index (χ1n) is 7.17. The smallest absolute Gasteiger partial charge is 0.254 e. The van der Waals surface area contributed by atoms with Crippen molar-refractivity contribution in [2.75, 3.05) is 0 Å². The zero-order chi connectivity index (χ0) is 13.8. The van der Waals surface area contributed by atoms with Gasteiger partial charge in [-0.15, -0.1) is 0 Å². The molecule has 0 saturated heterocycles. The molecule has 1 aromatic carbocycles. The summed E-state index contributed by atoms with van der Waals surface area (Å²) in [7, 11) is 0. The topological polar surface area (TPSA) is 29.1 Å².